The van der Waals surface area contributed by atoms with Gasteiger partial charge in [-0.15, -0.1) is 0 Å². The van der Waals surface area contributed by atoms with Crippen LogP contribution in [0.5, 0.6) is 5.75 Å². The summed E-state index contributed by atoms with van der Waals surface area (Å²) in [4.78, 5) is 16.5. The highest BCUT2D eigenvalue weighted by atomic mass is 16.3. The van der Waals surface area contributed by atoms with Gasteiger partial charge in [0.05, 0.1) is 5.52 Å². The number of phenolic OH excluding ortho intramolecular Hbond substituents is 1. The number of aromatic hydroxyl groups is 1. The number of pyridine rings is 1. The van der Waals surface area contributed by atoms with Crippen molar-refractivity contribution in [3.05, 3.63) is 71.9 Å². The van der Waals surface area contributed by atoms with Crippen LogP contribution in [0.15, 0.2) is 60.8 Å². The standard InChI is InChI=1S/C17H13NO2/c19-15-6-3-12(4-7-15)10-17(20)14-5-8-16-13(11-14)2-1-9-18-16/h1-9,11,19H,10H2. The monoisotopic (exact) mass is 263 g/mol. The molecule has 20 heavy (non-hydrogen) atoms. The van der Waals surface area contributed by atoms with Crippen molar-refractivity contribution in [2.24, 2.45) is 0 Å². The Morgan fingerprint density at radius 1 is 1.05 bits per heavy atom. The smallest absolute Gasteiger partial charge is 0.167 e. The van der Waals surface area contributed by atoms with Crippen LogP contribution in [-0.4, -0.2) is 15.9 Å². The summed E-state index contributed by atoms with van der Waals surface area (Å²) < 4.78 is 0. The van der Waals surface area contributed by atoms with E-state index >= 15 is 0 Å². The minimum atomic E-state index is 0.0569. The summed E-state index contributed by atoms with van der Waals surface area (Å²) in [6, 6.07) is 16.0. The van der Waals surface area contributed by atoms with Crippen LogP contribution >= 0.6 is 0 Å². The van der Waals surface area contributed by atoms with E-state index in [1.807, 2.05) is 24.3 Å². The fourth-order valence-corrected chi connectivity index (χ4v) is 2.15. The molecule has 0 bridgehead atoms. The Morgan fingerprint density at radius 3 is 2.65 bits per heavy atom. The third-order valence-corrected chi connectivity index (χ3v) is 3.23. The number of hydrogen-bond donors (Lipinski definition) is 1. The zero-order valence-electron chi connectivity index (χ0n) is 10.8. The van der Waals surface area contributed by atoms with Gasteiger partial charge in [0.25, 0.3) is 0 Å². The molecule has 3 heteroatoms. The molecule has 3 nitrogen and oxygen atoms in total. The highest BCUT2D eigenvalue weighted by molar-refractivity contribution is 6.00. The van der Waals surface area contributed by atoms with Crippen LogP contribution in [0, 0.1) is 0 Å². The number of fused-ring (bicyclic) bond motifs is 1. The normalized spacial score (nSPS) is 10.6. The predicted octanol–water partition coefficient (Wildman–Crippen LogP) is 3.37. The van der Waals surface area contributed by atoms with Crippen LogP contribution in [0.3, 0.4) is 0 Å². The van der Waals surface area contributed by atoms with Crippen LogP contribution in [0.1, 0.15) is 15.9 Å². The number of benzene rings is 2. The molecule has 0 saturated heterocycles. The second kappa shape index (κ2) is 5.13. The molecule has 0 fully saturated rings. The Kier molecular flexibility index (Phi) is 3.17. The van der Waals surface area contributed by atoms with E-state index in [2.05, 4.69) is 4.98 Å². The Labute approximate surface area is 116 Å². The molecule has 0 amide bonds. The van der Waals surface area contributed by atoms with Gasteiger partial charge in [0.2, 0.25) is 0 Å². The van der Waals surface area contributed by atoms with E-state index in [0.717, 1.165) is 16.5 Å². The zero-order valence-corrected chi connectivity index (χ0v) is 10.8. The van der Waals surface area contributed by atoms with Crippen LogP contribution in [0.25, 0.3) is 10.9 Å². The maximum atomic E-state index is 12.3. The van der Waals surface area contributed by atoms with Crippen molar-refractivity contribution >= 4 is 16.7 Å². The highest BCUT2D eigenvalue weighted by Crippen LogP contribution is 2.16. The van der Waals surface area contributed by atoms with Gasteiger partial charge in [-0.1, -0.05) is 18.2 Å². The SMILES string of the molecule is O=C(Cc1ccc(O)cc1)c1ccc2ncccc2c1. The molecule has 1 aromatic heterocycles. The number of hydrogen-bond acceptors (Lipinski definition) is 3. The molecule has 2 aromatic carbocycles. The lowest BCUT2D eigenvalue weighted by molar-refractivity contribution is 0.0993. The molecule has 0 radical (unpaired) electrons. The minimum Gasteiger partial charge on any atom is -0.508 e. The van der Waals surface area contributed by atoms with Gasteiger partial charge in [-0.3, -0.25) is 9.78 Å². The molecule has 0 unspecified atom stereocenters. The largest absolute Gasteiger partial charge is 0.508 e. The summed E-state index contributed by atoms with van der Waals surface area (Å²) >= 11 is 0. The zero-order chi connectivity index (χ0) is 13.9. The van der Waals surface area contributed by atoms with E-state index < -0.39 is 0 Å². The Bertz CT molecular complexity index is 763. The third kappa shape index (κ3) is 2.52. The average molecular weight is 263 g/mol. The molecule has 0 atom stereocenters. The van der Waals surface area contributed by atoms with Gasteiger partial charge in [0.1, 0.15) is 5.75 Å². The second-order valence-corrected chi connectivity index (χ2v) is 4.68. The molecule has 0 aliphatic rings. The Morgan fingerprint density at radius 2 is 1.85 bits per heavy atom. The van der Waals surface area contributed by atoms with E-state index in [1.165, 1.54) is 0 Å². The molecule has 1 heterocycles. The van der Waals surface area contributed by atoms with Crippen LogP contribution in [0.4, 0.5) is 0 Å². The first-order chi connectivity index (χ1) is 9.72. The van der Waals surface area contributed by atoms with Gasteiger partial charge in [0, 0.05) is 23.6 Å². The number of Topliss-reactive ketones (excluding diaryl/α,β-unsaturated/α-hetero) is 1. The second-order valence-electron chi connectivity index (χ2n) is 4.68. The lowest BCUT2D eigenvalue weighted by Gasteiger charge is -2.03. The van der Waals surface area contributed by atoms with Gasteiger partial charge in [-0.2, -0.15) is 0 Å². The molecule has 0 spiro atoms. The summed E-state index contributed by atoms with van der Waals surface area (Å²) in [6.07, 6.45) is 2.06. The number of carbonyl (C=O) groups is 1. The average Bonchev–Trinajstić information content (AvgIpc) is 2.49. The maximum Gasteiger partial charge on any atom is 0.167 e. The fourth-order valence-electron chi connectivity index (χ4n) is 2.15. The van der Waals surface area contributed by atoms with E-state index in [1.54, 1.807) is 36.5 Å². The number of ketones is 1. The lowest BCUT2D eigenvalue weighted by atomic mass is 10.0. The molecular formula is C17H13NO2. The molecule has 98 valence electrons. The summed E-state index contributed by atoms with van der Waals surface area (Å²) in [7, 11) is 0. The van der Waals surface area contributed by atoms with E-state index in [9.17, 15) is 9.90 Å². The maximum absolute atomic E-state index is 12.3. The molecule has 3 rings (SSSR count). The van der Waals surface area contributed by atoms with Crippen molar-refractivity contribution in [1.29, 1.82) is 0 Å². The summed E-state index contributed by atoms with van der Waals surface area (Å²) in [6.45, 7) is 0. The first kappa shape index (κ1) is 12.4. The van der Waals surface area contributed by atoms with E-state index in [4.69, 9.17) is 0 Å². The number of aromatic nitrogens is 1. The van der Waals surface area contributed by atoms with E-state index in [0.29, 0.717) is 12.0 Å². The van der Waals surface area contributed by atoms with Gasteiger partial charge in [-0.25, -0.2) is 0 Å². The van der Waals surface area contributed by atoms with Gasteiger partial charge >= 0.3 is 0 Å². The number of carbonyl (C=O) groups excluding carboxylic acids is 1. The van der Waals surface area contributed by atoms with Gasteiger partial charge in [-0.05, 0) is 42.0 Å². The molecule has 1 N–H and O–H groups in total. The van der Waals surface area contributed by atoms with Crippen molar-refractivity contribution in [2.45, 2.75) is 6.42 Å². The third-order valence-electron chi connectivity index (χ3n) is 3.23. The highest BCUT2D eigenvalue weighted by Gasteiger charge is 2.08. The number of nitrogens with zero attached hydrogens (tertiary/aromatic N) is 1. The Hall–Kier alpha value is -2.68. The quantitative estimate of drug-likeness (QED) is 0.737. The number of phenols is 1. The molecule has 0 aliphatic heterocycles. The lowest BCUT2D eigenvalue weighted by Crippen LogP contribution is -2.03. The van der Waals surface area contributed by atoms with Crippen LogP contribution in [0.2, 0.25) is 0 Å². The molecule has 3 aromatic rings. The topological polar surface area (TPSA) is 50.2 Å². The predicted molar refractivity (Wildman–Crippen MR) is 77.9 cm³/mol. The van der Waals surface area contributed by atoms with Crippen LogP contribution < -0.4 is 0 Å². The molecule has 0 aliphatic carbocycles. The van der Waals surface area contributed by atoms with Gasteiger partial charge in [0.15, 0.2) is 5.78 Å². The summed E-state index contributed by atoms with van der Waals surface area (Å²) in [5.41, 5.74) is 2.45. The fraction of sp³-hybridized carbons (Fsp3) is 0.0588. The van der Waals surface area contributed by atoms with Crippen molar-refractivity contribution in [3.8, 4) is 5.75 Å². The van der Waals surface area contributed by atoms with Crippen molar-refractivity contribution in [3.63, 3.8) is 0 Å². The van der Waals surface area contributed by atoms with Crippen LogP contribution in [-0.2, 0) is 6.42 Å². The minimum absolute atomic E-state index is 0.0569. The van der Waals surface area contributed by atoms with E-state index in [-0.39, 0.29) is 11.5 Å². The molecule has 0 saturated carbocycles. The summed E-state index contributed by atoms with van der Waals surface area (Å²) in [5.74, 6) is 0.263. The number of rotatable bonds is 3. The van der Waals surface area contributed by atoms with Crippen molar-refractivity contribution < 1.29 is 9.90 Å². The first-order valence-electron chi connectivity index (χ1n) is 6.38. The van der Waals surface area contributed by atoms with Gasteiger partial charge < -0.3 is 5.11 Å². The summed E-state index contributed by atoms with van der Waals surface area (Å²) in [5, 5.41) is 10.2. The molecular weight excluding hydrogens is 250 g/mol. The van der Waals surface area contributed by atoms with Crippen molar-refractivity contribution in [2.75, 3.05) is 0 Å². The van der Waals surface area contributed by atoms with Crippen molar-refractivity contribution in [1.82, 2.24) is 4.98 Å². The first-order valence-corrected chi connectivity index (χ1v) is 6.38. The Balaban J connectivity index is 1.86.